The standard InChI is InChI=1S/C6H5NO3S/c8-4-2-1-3-5(11)6(4)7(9)10/h1-2,8H,3H2. The first kappa shape index (κ1) is 7.87. The van der Waals surface area contributed by atoms with E-state index in [2.05, 4.69) is 12.2 Å². The Morgan fingerprint density at radius 2 is 2.36 bits per heavy atom. The second kappa shape index (κ2) is 2.79. The van der Waals surface area contributed by atoms with E-state index in [0.29, 0.717) is 6.42 Å². The number of aliphatic hydroxyl groups excluding tert-OH is 1. The average molecular weight is 171 g/mol. The van der Waals surface area contributed by atoms with Crippen LogP contribution < -0.4 is 0 Å². The maximum atomic E-state index is 10.2. The van der Waals surface area contributed by atoms with Crippen LogP contribution in [0.25, 0.3) is 0 Å². The SMILES string of the molecule is O=[N+]([O-])C1=C(O)C=CCC1=S. The Morgan fingerprint density at radius 1 is 1.73 bits per heavy atom. The predicted octanol–water partition coefficient (Wildman–Crippen LogP) is 1.36. The van der Waals surface area contributed by atoms with Gasteiger partial charge < -0.3 is 5.11 Å². The zero-order chi connectivity index (χ0) is 8.43. The van der Waals surface area contributed by atoms with E-state index in [-0.39, 0.29) is 16.3 Å². The third-order valence-electron chi connectivity index (χ3n) is 1.27. The molecule has 0 amide bonds. The summed E-state index contributed by atoms with van der Waals surface area (Å²) in [6.07, 6.45) is 3.23. The van der Waals surface area contributed by atoms with Crippen molar-refractivity contribution in [3.05, 3.63) is 33.7 Å². The minimum absolute atomic E-state index is 0.176. The van der Waals surface area contributed by atoms with E-state index in [4.69, 9.17) is 5.11 Å². The van der Waals surface area contributed by atoms with E-state index in [0.717, 1.165) is 0 Å². The molecule has 58 valence electrons. The molecular formula is C6H5NO3S. The summed E-state index contributed by atoms with van der Waals surface area (Å²) in [5.74, 6) is -0.355. The van der Waals surface area contributed by atoms with E-state index in [1.165, 1.54) is 6.08 Å². The van der Waals surface area contributed by atoms with Gasteiger partial charge in [-0.25, -0.2) is 0 Å². The highest BCUT2D eigenvalue weighted by atomic mass is 32.1. The van der Waals surface area contributed by atoms with E-state index < -0.39 is 4.92 Å². The fourth-order valence-corrected chi connectivity index (χ4v) is 1.07. The van der Waals surface area contributed by atoms with Crippen molar-refractivity contribution >= 4 is 17.1 Å². The molecular weight excluding hydrogens is 166 g/mol. The molecule has 1 aliphatic rings. The van der Waals surface area contributed by atoms with Gasteiger partial charge in [-0.1, -0.05) is 18.3 Å². The molecule has 11 heavy (non-hydrogen) atoms. The van der Waals surface area contributed by atoms with Gasteiger partial charge in [0.25, 0.3) is 0 Å². The predicted molar refractivity (Wildman–Crippen MR) is 43.0 cm³/mol. The third kappa shape index (κ3) is 1.43. The van der Waals surface area contributed by atoms with Crippen LogP contribution in [-0.4, -0.2) is 14.9 Å². The first-order chi connectivity index (χ1) is 5.13. The minimum atomic E-state index is -0.666. The van der Waals surface area contributed by atoms with Crippen molar-refractivity contribution < 1.29 is 10.0 Å². The fraction of sp³-hybridized carbons (Fsp3) is 0.167. The number of nitro groups is 1. The van der Waals surface area contributed by atoms with Crippen LogP contribution >= 0.6 is 12.2 Å². The first-order valence-electron chi connectivity index (χ1n) is 2.90. The number of thiocarbonyl (C=S) groups is 1. The summed E-state index contributed by atoms with van der Waals surface area (Å²) in [6.45, 7) is 0. The van der Waals surface area contributed by atoms with Gasteiger partial charge in [0, 0.05) is 6.42 Å². The van der Waals surface area contributed by atoms with Crippen LogP contribution in [0.5, 0.6) is 0 Å². The highest BCUT2D eigenvalue weighted by molar-refractivity contribution is 7.80. The van der Waals surface area contributed by atoms with Gasteiger partial charge in [-0.2, -0.15) is 0 Å². The zero-order valence-corrected chi connectivity index (χ0v) is 6.30. The Labute approximate surface area is 68.0 Å². The topological polar surface area (TPSA) is 63.4 Å². The first-order valence-corrected chi connectivity index (χ1v) is 3.31. The molecule has 0 fully saturated rings. The second-order valence-corrected chi connectivity index (χ2v) is 2.51. The average Bonchev–Trinajstić information content (AvgIpc) is 1.85. The van der Waals surface area contributed by atoms with Crippen LogP contribution in [0.1, 0.15) is 6.42 Å². The Morgan fingerprint density at radius 3 is 2.73 bits per heavy atom. The highest BCUT2D eigenvalue weighted by Gasteiger charge is 2.23. The molecule has 0 saturated heterocycles. The fourth-order valence-electron chi connectivity index (χ4n) is 0.791. The molecule has 0 spiro atoms. The van der Waals surface area contributed by atoms with E-state index >= 15 is 0 Å². The lowest BCUT2D eigenvalue weighted by Crippen LogP contribution is -2.13. The summed E-state index contributed by atoms with van der Waals surface area (Å²) in [5.41, 5.74) is -0.345. The molecule has 1 rings (SSSR count). The lowest BCUT2D eigenvalue weighted by atomic mass is 10.1. The molecule has 0 heterocycles. The van der Waals surface area contributed by atoms with E-state index in [1.807, 2.05) is 0 Å². The lowest BCUT2D eigenvalue weighted by Gasteiger charge is -2.03. The van der Waals surface area contributed by atoms with Crippen LogP contribution in [0.15, 0.2) is 23.6 Å². The van der Waals surface area contributed by atoms with Gasteiger partial charge in [-0.15, -0.1) is 0 Å². The monoisotopic (exact) mass is 171 g/mol. The van der Waals surface area contributed by atoms with Crippen molar-refractivity contribution in [3.8, 4) is 0 Å². The summed E-state index contributed by atoms with van der Waals surface area (Å²) in [5, 5.41) is 19.2. The molecule has 0 radical (unpaired) electrons. The van der Waals surface area contributed by atoms with Crippen LogP contribution in [0, 0.1) is 10.1 Å². The van der Waals surface area contributed by atoms with Gasteiger partial charge in [-0.3, -0.25) is 10.1 Å². The highest BCUT2D eigenvalue weighted by Crippen LogP contribution is 2.15. The Hall–Kier alpha value is -1.23. The molecule has 0 saturated carbocycles. The van der Waals surface area contributed by atoms with Gasteiger partial charge in [0.2, 0.25) is 0 Å². The molecule has 1 N–H and O–H groups in total. The van der Waals surface area contributed by atoms with Crippen LogP contribution in [-0.2, 0) is 0 Å². The summed E-state index contributed by atoms with van der Waals surface area (Å²) < 4.78 is 0. The lowest BCUT2D eigenvalue weighted by molar-refractivity contribution is -0.417. The Kier molecular flexibility index (Phi) is 2.00. The third-order valence-corrected chi connectivity index (χ3v) is 1.63. The number of nitrogens with zero attached hydrogens (tertiary/aromatic N) is 1. The minimum Gasteiger partial charge on any atom is -0.502 e. The maximum absolute atomic E-state index is 10.2. The van der Waals surface area contributed by atoms with Crippen molar-refractivity contribution in [1.29, 1.82) is 0 Å². The molecule has 0 bridgehead atoms. The molecule has 0 unspecified atom stereocenters. The van der Waals surface area contributed by atoms with Crippen molar-refractivity contribution in [2.45, 2.75) is 6.42 Å². The summed E-state index contributed by atoms with van der Waals surface area (Å²) in [6, 6.07) is 0. The Bertz CT molecular complexity index is 280. The van der Waals surface area contributed by atoms with Crippen LogP contribution in [0.4, 0.5) is 0 Å². The zero-order valence-electron chi connectivity index (χ0n) is 5.48. The van der Waals surface area contributed by atoms with Gasteiger partial charge >= 0.3 is 5.70 Å². The van der Waals surface area contributed by atoms with Crippen molar-refractivity contribution in [2.24, 2.45) is 0 Å². The van der Waals surface area contributed by atoms with E-state index in [9.17, 15) is 10.1 Å². The number of hydrogen-bond acceptors (Lipinski definition) is 4. The van der Waals surface area contributed by atoms with Crippen LogP contribution in [0.2, 0.25) is 0 Å². The quantitative estimate of drug-likeness (QED) is 0.367. The van der Waals surface area contributed by atoms with Crippen molar-refractivity contribution in [3.63, 3.8) is 0 Å². The maximum Gasteiger partial charge on any atom is 0.324 e. The molecule has 4 nitrogen and oxygen atoms in total. The molecule has 1 aliphatic carbocycles. The van der Waals surface area contributed by atoms with Gasteiger partial charge in [-0.05, 0) is 6.08 Å². The molecule has 0 aromatic rings. The van der Waals surface area contributed by atoms with Gasteiger partial charge in [0.15, 0.2) is 5.76 Å². The number of hydrogen-bond donors (Lipinski definition) is 1. The summed E-state index contributed by atoms with van der Waals surface area (Å²) in [7, 11) is 0. The van der Waals surface area contributed by atoms with Crippen molar-refractivity contribution in [1.82, 2.24) is 0 Å². The van der Waals surface area contributed by atoms with Crippen molar-refractivity contribution in [2.75, 3.05) is 0 Å². The number of aliphatic hydroxyl groups is 1. The Balaban J connectivity index is 3.11. The molecule has 0 aliphatic heterocycles. The summed E-state index contributed by atoms with van der Waals surface area (Å²) >= 11 is 4.67. The molecule has 0 atom stereocenters. The van der Waals surface area contributed by atoms with Gasteiger partial charge in [0.05, 0.1) is 4.92 Å². The number of allylic oxidation sites excluding steroid dienone is 3. The summed E-state index contributed by atoms with van der Waals surface area (Å²) in [4.78, 5) is 9.75. The smallest absolute Gasteiger partial charge is 0.324 e. The van der Waals surface area contributed by atoms with Gasteiger partial charge in [0.1, 0.15) is 4.86 Å². The number of rotatable bonds is 1. The normalized spacial score (nSPS) is 17.3. The van der Waals surface area contributed by atoms with E-state index in [1.54, 1.807) is 6.08 Å². The molecule has 5 heteroatoms. The van der Waals surface area contributed by atoms with Crippen LogP contribution in [0.3, 0.4) is 0 Å². The molecule has 0 aromatic carbocycles. The second-order valence-electron chi connectivity index (χ2n) is 2.02. The largest absolute Gasteiger partial charge is 0.502 e. The molecule has 0 aromatic heterocycles.